The fraction of sp³-hybridized carbons (Fsp3) is 0.692. The van der Waals surface area contributed by atoms with Crippen LogP contribution in [0.2, 0.25) is 0 Å². The van der Waals surface area contributed by atoms with E-state index in [1.165, 1.54) is 16.2 Å². The first-order valence-corrected chi connectivity index (χ1v) is 7.13. The van der Waals surface area contributed by atoms with Crippen molar-refractivity contribution in [2.24, 2.45) is 5.41 Å². The summed E-state index contributed by atoms with van der Waals surface area (Å²) in [5.41, 5.74) is -0.268. The Labute approximate surface area is 117 Å². The molecule has 2 N–H and O–H groups in total. The number of rotatable bonds is 6. The van der Waals surface area contributed by atoms with Crippen LogP contribution in [-0.4, -0.2) is 52.8 Å². The van der Waals surface area contributed by atoms with Crippen LogP contribution in [0.3, 0.4) is 0 Å². The second kappa shape index (κ2) is 6.45. The number of aliphatic hydroxyl groups is 2. The number of aromatic nitrogens is 1. The fourth-order valence-electron chi connectivity index (χ4n) is 1.64. The van der Waals surface area contributed by atoms with Crippen LogP contribution in [0.25, 0.3) is 0 Å². The van der Waals surface area contributed by atoms with Crippen LogP contribution < -0.4 is 0 Å². The molecule has 0 saturated heterocycles. The lowest BCUT2D eigenvalue weighted by molar-refractivity contribution is 0.0364. The molecular formula is C13H22N2O3S. The number of hydrogen-bond acceptors (Lipinski definition) is 5. The Kier molecular flexibility index (Phi) is 5.46. The van der Waals surface area contributed by atoms with Crippen LogP contribution >= 0.6 is 11.3 Å². The van der Waals surface area contributed by atoms with Gasteiger partial charge in [-0.2, -0.15) is 0 Å². The van der Waals surface area contributed by atoms with Crippen LogP contribution in [0, 0.1) is 5.41 Å². The van der Waals surface area contributed by atoms with Crippen molar-refractivity contribution in [1.82, 2.24) is 9.88 Å². The predicted octanol–water partition coefficient (Wildman–Crippen LogP) is 1.33. The smallest absolute Gasteiger partial charge is 0.273 e. The van der Waals surface area contributed by atoms with Gasteiger partial charge in [-0.15, -0.1) is 11.3 Å². The Bertz CT molecular complexity index is 427. The number of aliphatic hydroxyl groups excluding tert-OH is 2. The van der Waals surface area contributed by atoms with Gasteiger partial charge in [-0.05, 0) is 0 Å². The van der Waals surface area contributed by atoms with Crippen LogP contribution in [0.1, 0.15) is 42.2 Å². The monoisotopic (exact) mass is 286 g/mol. The highest BCUT2D eigenvalue weighted by atomic mass is 32.1. The van der Waals surface area contributed by atoms with Crippen molar-refractivity contribution >= 4 is 17.2 Å². The summed E-state index contributed by atoms with van der Waals surface area (Å²) in [5, 5.41) is 21.2. The topological polar surface area (TPSA) is 73.7 Å². The van der Waals surface area contributed by atoms with Crippen molar-refractivity contribution in [2.75, 3.05) is 26.8 Å². The lowest BCUT2D eigenvalue weighted by atomic mass is 9.92. The van der Waals surface area contributed by atoms with Gasteiger partial charge in [-0.3, -0.25) is 4.79 Å². The van der Waals surface area contributed by atoms with E-state index < -0.39 is 5.41 Å². The zero-order valence-electron chi connectivity index (χ0n) is 11.9. The highest BCUT2D eigenvalue weighted by Gasteiger charge is 2.27. The van der Waals surface area contributed by atoms with Gasteiger partial charge in [0.25, 0.3) is 5.91 Å². The molecule has 0 aliphatic rings. The summed E-state index contributed by atoms with van der Waals surface area (Å²) in [6.45, 7) is 5.74. The van der Waals surface area contributed by atoms with Gasteiger partial charge in [-0.25, -0.2) is 4.98 Å². The van der Waals surface area contributed by atoms with Gasteiger partial charge < -0.3 is 15.1 Å². The Hall–Kier alpha value is -0.980. The molecule has 0 spiro atoms. The lowest BCUT2D eigenvalue weighted by Gasteiger charge is -2.29. The molecule has 0 saturated carbocycles. The van der Waals surface area contributed by atoms with E-state index in [1.54, 1.807) is 19.4 Å². The van der Waals surface area contributed by atoms with Crippen molar-refractivity contribution in [2.45, 2.75) is 26.7 Å². The normalized spacial score (nSPS) is 11.9. The van der Waals surface area contributed by atoms with E-state index >= 15 is 0 Å². The predicted molar refractivity (Wildman–Crippen MR) is 75.4 cm³/mol. The first-order chi connectivity index (χ1) is 8.83. The quantitative estimate of drug-likeness (QED) is 0.827. The molecule has 0 aliphatic heterocycles. The first kappa shape index (κ1) is 16.1. The molecule has 1 aromatic rings. The van der Waals surface area contributed by atoms with Crippen LogP contribution in [0.5, 0.6) is 0 Å². The van der Waals surface area contributed by atoms with E-state index in [0.29, 0.717) is 11.6 Å². The molecule has 108 valence electrons. The average molecular weight is 286 g/mol. The molecule has 0 fully saturated rings. The van der Waals surface area contributed by atoms with E-state index in [2.05, 4.69) is 4.98 Å². The number of thiazole rings is 1. The van der Waals surface area contributed by atoms with E-state index in [9.17, 15) is 15.0 Å². The first-order valence-electron chi connectivity index (χ1n) is 6.25. The molecule has 0 unspecified atom stereocenters. The van der Waals surface area contributed by atoms with Gasteiger partial charge in [-0.1, -0.05) is 20.8 Å². The maximum atomic E-state index is 12.2. The van der Waals surface area contributed by atoms with Gasteiger partial charge in [0, 0.05) is 30.3 Å². The summed E-state index contributed by atoms with van der Waals surface area (Å²) in [7, 11) is 1.65. The molecule has 0 aromatic carbocycles. The third-order valence-corrected chi connectivity index (χ3v) is 4.11. The summed E-state index contributed by atoms with van der Waals surface area (Å²) in [6.07, 6.45) is 0. The molecule has 0 radical (unpaired) electrons. The zero-order chi connectivity index (χ0) is 14.6. The number of nitrogens with zero attached hydrogens (tertiary/aromatic N) is 2. The van der Waals surface area contributed by atoms with Crippen LogP contribution in [0.4, 0.5) is 0 Å². The summed E-state index contributed by atoms with van der Waals surface area (Å²) < 4.78 is 0. The second-order valence-corrected chi connectivity index (χ2v) is 6.40. The highest BCUT2D eigenvalue weighted by Crippen LogP contribution is 2.21. The second-order valence-electron chi connectivity index (χ2n) is 5.51. The molecule has 19 heavy (non-hydrogen) atoms. The summed E-state index contributed by atoms with van der Waals surface area (Å²) in [6, 6.07) is 0. The molecule has 0 atom stereocenters. The van der Waals surface area contributed by atoms with Crippen molar-refractivity contribution in [3.63, 3.8) is 0 Å². The third-order valence-electron chi connectivity index (χ3n) is 2.96. The maximum Gasteiger partial charge on any atom is 0.273 e. The molecule has 6 heteroatoms. The van der Waals surface area contributed by atoms with Gasteiger partial charge >= 0.3 is 0 Å². The molecule has 1 amide bonds. The number of hydrogen-bond donors (Lipinski definition) is 2. The minimum absolute atomic E-state index is 0.171. The lowest BCUT2D eigenvalue weighted by Crippen LogP contribution is -2.41. The van der Waals surface area contributed by atoms with E-state index in [0.717, 1.165) is 5.01 Å². The van der Waals surface area contributed by atoms with Crippen molar-refractivity contribution in [3.8, 4) is 0 Å². The minimum Gasteiger partial charge on any atom is -0.396 e. The van der Waals surface area contributed by atoms with Crippen LogP contribution in [0.15, 0.2) is 5.38 Å². The van der Waals surface area contributed by atoms with Crippen molar-refractivity contribution < 1.29 is 15.0 Å². The van der Waals surface area contributed by atoms with Crippen LogP contribution in [-0.2, 0) is 0 Å². The molecule has 1 rings (SSSR count). The number of carbonyl (C=O) groups excluding carboxylic acids is 1. The Balaban J connectivity index is 2.76. The summed E-state index contributed by atoms with van der Waals surface area (Å²) in [5.74, 6) is 0.119. The Morgan fingerprint density at radius 1 is 1.47 bits per heavy atom. The van der Waals surface area contributed by atoms with Gasteiger partial charge in [0.1, 0.15) is 5.69 Å². The van der Waals surface area contributed by atoms with Gasteiger partial charge in [0.2, 0.25) is 0 Å². The molecule has 1 heterocycles. The molecule has 0 bridgehead atoms. The Morgan fingerprint density at radius 2 is 2.05 bits per heavy atom. The van der Waals surface area contributed by atoms with Gasteiger partial charge in [0.05, 0.1) is 18.2 Å². The molecule has 1 aromatic heterocycles. The third kappa shape index (κ3) is 3.99. The van der Waals surface area contributed by atoms with E-state index in [-0.39, 0.29) is 25.7 Å². The summed E-state index contributed by atoms with van der Waals surface area (Å²) in [4.78, 5) is 18.0. The maximum absolute atomic E-state index is 12.2. The SMILES string of the molecule is CC(C)c1nc(C(=O)N(C)CC(C)(CO)CO)cs1. The standard InChI is InChI=1S/C13H22N2O3S/c1-9(2)11-14-10(5-19-11)12(18)15(4)6-13(3,7-16)8-17/h5,9,16-17H,6-8H2,1-4H3. The fourth-order valence-corrected chi connectivity index (χ4v) is 2.45. The number of amides is 1. The van der Waals surface area contributed by atoms with Gasteiger partial charge in [0.15, 0.2) is 0 Å². The van der Waals surface area contributed by atoms with E-state index in [4.69, 9.17) is 0 Å². The minimum atomic E-state index is -0.693. The largest absolute Gasteiger partial charge is 0.396 e. The Morgan fingerprint density at radius 3 is 2.47 bits per heavy atom. The van der Waals surface area contributed by atoms with Crippen molar-refractivity contribution in [1.29, 1.82) is 0 Å². The van der Waals surface area contributed by atoms with Crippen molar-refractivity contribution in [3.05, 3.63) is 16.1 Å². The highest BCUT2D eigenvalue weighted by molar-refractivity contribution is 7.09. The van der Waals surface area contributed by atoms with E-state index in [1.807, 2.05) is 13.8 Å². The molecular weight excluding hydrogens is 264 g/mol. The average Bonchev–Trinajstić information content (AvgIpc) is 2.87. The zero-order valence-corrected chi connectivity index (χ0v) is 12.7. The molecule has 5 nitrogen and oxygen atoms in total. The number of carbonyl (C=O) groups is 1. The molecule has 0 aliphatic carbocycles. The summed E-state index contributed by atoms with van der Waals surface area (Å²) >= 11 is 1.48.